The zero-order valence-electron chi connectivity index (χ0n) is 23.1. The number of rotatable bonds is 8. The molecule has 212 valence electrons. The second kappa shape index (κ2) is 10.6. The number of aromatic nitrogens is 1. The van der Waals surface area contributed by atoms with Crippen LogP contribution in [-0.4, -0.2) is 47.0 Å². The molecule has 3 amide bonds. The number of carbonyl (C=O) groups is 3. The lowest BCUT2D eigenvalue weighted by molar-refractivity contribution is -0.123. The van der Waals surface area contributed by atoms with E-state index < -0.39 is 33.4 Å². The van der Waals surface area contributed by atoms with Crippen molar-refractivity contribution in [2.45, 2.75) is 57.0 Å². The maximum Gasteiger partial charge on any atom is 0.252 e. The first kappa shape index (κ1) is 28.2. The van der Waals surface area contributed by atoms with Crippen molar-refractivity contribution >= 4 is 50.2 Å². The molecule has 1 aromatic heterocycles. The van der Waals surface area contributed by atoms with Gasteiger partial charge in [0.25, 0.3) is 5.91 Å². The van der Waals surface area contributed by atoms with Gasteiger partial charge in [0.15, 0.2) is 5.58 Å². The van der Waals surface area contributed by atoms with Crippen molar-refractivity contribution in [2.24, 2.45) is 0 Å². The number of hydrogen-bond donors (Lipinski definition) is 1. The van der Waals surface area contributed by atoms with Crippen LogP contribution in [0.2, 0.25) is 0 Å². The Hall–Kier alpha value is -4.35. The van der Waals surface area contributed by atoms with E-state index in [1.807, 2.05) is 31.2 Å². The van der Waals surface area contributed by atoms with Gasteiger partial charge in [-0.1, -0.05) is 19.1 Å². The van der Waals surface area contributed by atoms with E-state index in [1.165, 1.54) is 31.2 Å². The normalized spacial score (nSPS) is 16.1. The van der Waals surface area contributed by atoms with Crippen molar-refractivity contribution < 1.29 is 27.2 Å². The summed E-state index contributed by atoms with van der Waals surface area (Å²) in [5.41, 5.74) is 1.81. The Morgan fingerprint density at radius 3 is 2.32 bits per heavy atom. The summed E-state index contributed by atoms with van der Waals surface area (Å²) in [6.45, 7) is 6.64. The van der Waals surface area contributed by atoms with Crippen LogP contribution in [0.1, 0.15) is 40.5 Å². The first-order valence-electron chi connectivity index (χ1n) is 13.2. The zero-order valence-corrected chi connectivity index (χ0v) is 23.9. The van der Waals surface area contributed by atoms with Crippen molar-refractivity contribution in [3.05, 3.63) is 72.8 Å². The minimum atomic E-state index is -4.22. The summed E-state index contributed by atoms with van der Waals surface area (Å²) in [5.74, 6) is -1.00. The molecule has 1 aliphatic heterocycles. The summed E-state index contributed by atoms with van der Waals surface area (Å²) in [7, 11) is -4.22. The number of fused-ring (bicyclic) bond motifs is 1. The lowest BCUT2D eigenvalue weighted by atomic mass is 10.00. The fourth-order valence-electron chi connectivity index (χ4n) is 4.92. The van der Waals surface area contributed by atoms with Crippen LogP contribution in [0.5, 0.6) is 0 Å². The molecule has 1 atom stereocenters. The lowest BCUT2D eigenvalue weighted by Crippen LogP contribution is -2.55. The monoisotopic (exact) mass is 574 g/mol. The van der Waals surface area contributed by atoms with Gasteiger partial charge in [-0.3, -0.25) is 14.4 Å². The fourth-order valence-corrected chi connectivity index (χ4v) is 6.90. The molecule has 0 spiro atoms. The second-order valence-electron chi connectivity index (χ2n) is 10.5. The molecular weight excluding hydrogens is 544 g/mol. The molecule has 1 N–H and O–H groups in total. The number of oxazole rings is 1. The molecule has 3 aromatic carbocycles. The third kappa shape index (κ3) is 5.25. The summed E-state index contributed by atoms with van der Waals surface area (Å²) in [4.78, 5) is 43.8. The molecule has 0 aliphatic carbocycles. The average Bonchev–Trinajstić information content (AvgIpc) is 3.49. The maximum absolute atomic E-state index is 14.0. The van der Waals surface area contributed by atoms with Gasteiger partial charge < -0.3 is 9.73 Å². The minimum Gasteiger partial charge on any atom is -0.436 e. The number of amides is 3. The Kier molecular flexibility index (Phi) is 7.26. The smallest absolute Gasteiger partial charge is 0.252 e. The maximum atomic E-state index is 14.0. The van der Waals surface area contributed by atoms with E-state index >= 15 is 0 Å². The van der Waals surface area contributed by atoms with E-state index in [0.29, 0.717) is 40.3 Å². The quantitative estimate of drug-likeness (QED) is 0.294. The van der Waals surface area contributed by atoms with Crippen molar-refractivity contribution in [1.82, 2.24) is 9.29 Å². The number of anilines is 2. The number of sulfonamides is 1. The van der Waals surface area contributed by atoms with Gasteiger partial charge in [-0.05, 0) is 80.9 Å². The van der Waals surface area contributed by atoms with Gasteiger partial charge in [-0.25, -0.2) is 18.3 Å². The van der Waals surface area contributed by atoms with Crippen LogP contribution >= 0.6 is 0 Å². The fraction of sp³-hybridized carbons (Fsp3) is 0.267. The topological polar surface area (TPSA) is 130 Å². The van der Waals surface area contributed by atoms with E-state index in [2.05, 4.69) is 10.3 Å². The third-order valence-corrected chi connectivity index (χ3v) is 9.40. The van der Waals surface area contributed by atoms with E-state index in [4.69, 9.17) is 4.42 Å². The van der Waals surface area contributed by atoms with Gasteiger partial charge in [0.05, 0.1) is 17.0 Å². The summed E-state index contributed by atoms with van der Waals surface area (Å²) < 4.78 is 34.9. The first-order chi connectivity index (χ1) is 19.4. The van der Waals surface area contributed by atoms with Gasteiger partial charge in [0.2, 0.25) is 27.7 Å². The minimum absolute atomic E-state index is 0.0467. The van der Waals surface area contributed by atoms with Crippen LogP contribution in [0.4, 0.5) is 11.4 Å². The SMILES string of the molecule is CCC(C)(C)N(C1CC(=O)N(c2ccc(-c3nc4ccccc4o3)cc2)C1=O)S(=O)(=O)c1ccc(NC(C)=O)cc1. The first-order valence-corrected chi connectivity index (χ1v) is 14.6. The van der Waals surface area contributed by atoms with Gasteiger partial charge in [-0.2, -0.15) is 4.31 Å². The van der Waals surface area contributed by atoms with Crippen LogP contribution in [-0.2, 0) is 24.4 Å². The molecule has 5 rings (SSSR count). The van der Waals surface area contributed by atoms with Crippen molar-refractivity contribution in [3.8, 4) is 11.5 Å². The molecule has 1 fully saturated rings. The standard InChI is InChI=1S/C30H30N4O6S/c1-5-30(3,4)34(41(38,39)23-16-12-21(13-17-23)31-19(2)35)25-18-27(36)33(29(25)37)22-14-10-20(11-15-22)28-32-24-8-6-7-9-26(24)40-28/h6-17,25H,5,18H2,1-4H3,(H,31,35). The van der Waals surface area contributed by atoms with Crippen LogP contribution in [0.15, 0.2) is 82.1 Å². The van der Waals surface area contributed by atoms with Crippen LogP contribution in [0.25, 0.3) is 22.6 Å². The van der Waals surface area contributed by atoms with Crippen molar-refractivity contribution in [3.63, 3.8) is 0 Å². The molecule has 0 saturated carbocycles. The van der Waals surface area contributed by atoms with Crippen LogP contribution in [0, 0.1) is 0 Å². The number of hydrogen-bond acceptors (Lipinski definition) is 7. The molecular formula is C30H30N4O6S. The molecule has 1 unspecified atom stereocenters. The van der Waals surface area contributed by atoms with E-state index in [1.54, 1.807) is 38.1 Å². The number of carbonyl (C=O) groups excluding carboxylic acids is 3. The summed E-state index contributed by atoms with van der Waals surface area (Å²) in [6, 6.07) is 18.5. The highest BCUT2D eigenvalue weighted by Crippen LogP contribution is 2.36. The van der Waals surface area contributed by atoms with Gasteiger partial charge in [0, 0.05) is 23.7 Å². The number of para-hydroxylation sites is 2. The highest BCUT2D eigenvalue weighted by Gasteiger charge is 2.51. The molecule has 0 bridgehead atoms. The summed E-state index contributed by atoms with van der Waals surface area (Å²) in [5, 5.41) is 2.60. The largest absolute Gasteiger partial charge is 0.436 e. The molecule has 4 aromatic rings. The Balaban J connectivity index is 1.45. The lowest BCUT2D eigenvalue weighted by Gasteiger charge is -2.39. The Morgan fingerprint density at radius 2 is 1.71 bits per heavy atom. The predicted molar refractivity (Wildman–Crippen MR) is 154 cm³/mol. The summed E-state index contributed by atoms with van der Waals surface area (Å²) >= 11 is 0. The van der Waals surface area contributed by atoms with Crippen molar-refractivity contribution in [1.29, 1.82) is 0 Å². The zero-order chi connectivity index (χ0) is 29.5. The predicted octanol–water partition coefficient (Wildman–Crippen LogP) is 4.96. The van der Waals surface area contributed by atoms with Crippen LogP contribution in [0.3, 0.4) is 0 Å². The Bertz CT molecular complexity index is 1710. The second-order valence-corrected chi connectivity index (χ2v) is 12.3. The molecule has 0 radical (unpaired) electrons. The van der Waals surface area contributed by atoms with Gasteiger partial charge in [-0.15, -0.1) is 0 Å². The van der Waals surface area contributed by atoms with Gasteiger partial charge in [0.1, 0.15) is 11.6 Å². The molecule has 10 nitrogen and oxygen atoms in total. The van der Waals surface area contributed by atoms with Gasteiger partial charge >= 0.3 is 0 Å². The molecule has 11 heteroatoms. The number of nitrogens with zero attached hydrogens (tertiary/aromatic N) is 3. The molecule has 1 aliphatic rings. The highest BCUT2D eigenvalue weighted by atomic mass is 32.2. The number of benzene rings is 3. The van der Waals surface area contributed by atoms with E-state index in [-0.39, 0.29) is 17.2 Å². The molecule has 2 heterocycles. The van der Waals surface area contributed by atoms with Crippen molar-refractivity contribution in [2.75, 3.05) is 10.2 Å². The highest BCUT2D eigenvalue weighted by molar-refractivity contribution is 7.89. The number of imide groups is 1. The summed E-state index contributed by atoms with van der Waals surface area (Å²) in [6.07, 6.45) is 0.103. The number of nitrogens with one attached hydrogen (secondary N) is 1. The Labute approximate surface area is 238 Å². The molecule has 1 saturated heterocycles. The van der Waals surface area contributed by atoms with Crippen LogP contribution < -0.4 is 10.2 Å². The molecule has 41 heavy (non-hydrogen) atoms. The van der Waals surface area contributed by atoms with E-state index in [9.17, 15) is 22.8 Å². The third-order valence-electron chi connectivity index (χ3n) is 7.27. The average molecular weight is 575 g/mol. The van der Waals surface area contributed by atoms with E-state index in [0.717, 1.165) is 9.21 Å². The Morgan fingerprint density at radius 1 is 1.05 bits per heavy atom.